The maximum Gasteiger partial charge on any atom is 0.0961 e. The fourth-order valence-corrected chi connectivity index (χ4v) is 4.89. The SMILES string of the molecule is C[C@H]1CC2(CCN1Cc1cnn(CCC(C)(C)O)c1)OCCc1ccc(Cl)cc12. The predicted molar refractivity (Wildman–Crippen MR) is 115 cm³/mol. The third kappa shape index (κ3) is 4.69. The minimum Gasteiger partial charge on any atom is -0.390 e. The molecular weight excluding hydrogens is 386 g/mol. The Morgan fingerprint density at radius 1 is 1.38 bits per heavy atom. The first-order valence-corrected chi connectivity index (χ1v) is 11.0. The van der Waals surface area contributed by atoms with Crippen molar-refractivity contribution in [3.05, 3.63) is 52.3 Å². The molecule has 1 saturated heterocycles. The number of aryl methyl sites for hydroxylation is 1. The summed E-state index contributed by atoms with van der Waals surface area (Å²) < 4.78 is 8.34. The van der Waals surface area contributed by atoms with Gasteiger partial charge in [-0.1, -0.05) is 17.7 Å². The van der Waals surface area contributed by atoms with E-state index in [2.05, 4.69) is 35.3 Å². The highest BCUT2D eigenvalue weighted by Gasteiger charge is 2.43. The summed E-state index contributed by atoms with van der Waals surface area (Å²) in [6, 6.07) is 6.69. The smallest absolute Gasteiger partial charge is 0.0961 e. The Morgan fingerprint density at radius 2 is 2.21 bits per heavy atom. The van der Waals surface area contributed by atoms with Gasteiger partial charge in [0.05, 0.1) is 24.0 Å². The molecule has 2 aromatic rings. The molecule has 0 saturated carbocycles. The summed E-state index contributed by atoms with van der Waals surface area (Å²) in [5.41, 5.74) is 3.03. The van der Waals surface area contributed by atoms with Gasteiger partial charge in [-0.25, -0.2) is 0 Å². The van der Waals surface area contributed by atoms with E-state index in [4.69, 9.17) is 16.3 Å². The van der Waals surface area contributed by atoms with Crippen molar-refractivity contribution in [2.45, 2.75) is 76.8 Å². The summed E-state index contributed by atoms with van der Waals surface area (Å²) in [4.78, 5) is 2.52. The molecule has 3 heterocycles. The molecule has 1 fully saturated rings. The molecule has 6 heteroatoms. The van der Waals surface area contributed by atoms with Crippen molar-refractivity contribution >= 4 is 11.6 Å². The molecule has 2 atom stereocenters. The number of rotatable bonds is 5. The summed E-state index contributed by atoms with van der Waals surface area (Å²) in [6.45, 7) is 9.36. The first-order valence-electron chi connectivity index (χ1n) is 10.6. The van der Waals surface area contributed by atoms with E-state index < -0.39 is 5.60 Å². The van der Waals surface area contributed by atoms with E-state index in [0.29, 0.717) is 12.5 Å². The highest BCUT2D eigenvalue weighted by Crippen LogP contribution is 2.44. The van der Waals surface area contributed by atoms with Crippen LogP contribution >= 0.6 is 11.6 Å². The zero-order valence-corrected chi connectivity index (χ0v) is 18.5. The van der Waals surface area contributed by atoms with Gasteiger partial charge in [-0.3, -0.25) is 9.58 Å². The maximum atomic E-state index is 9.92. The second-order valence-electron chi connectivity index (χ2n) is 9.34. The molecule has 1 unspecified atom stereocenters. The van der Waals surface area contributed by atoms with Gasteiger partial charge in [0, 0.05) is 42.5 Å². The molecule has 1 spiro atoms. The van der Waals surface area contributed by atoms with Gasteiger partial charge in [0.25, 0.3) is 0 Å². The van der Waals surface area contributed by atoms with Crippen molar-refractivity contribution in [3.8, 4) is 0 Å². The fraction of sp³-hybridized carbons (Fsp3) is 0.609. The molecule has 29 heavy (non-hydrogen) atoms. The highest BCUT2D eigenvalue weighted by atomic mass is 35.5. The fourth-order valence-electron chi connectivity index (χ4n) is 4.72. The van der Waals surface area contributed by atoms with Crippen molar-refractivity contribution in [1.82, 2.24) is 14.7 Å². The van der Waals surface area contributed by atoms with Gasteiger partial charge in [0.2, 0.25) is 0 Å². The largest absolute Gasteiger partial charge is 0.390 e. The second kappa shape index (κ2) is 8.03. The Bertz CT molecular complexity index is 860. The Hall–Kier alpha value is -1.40. The molecule has 1 aromatic heterocycles. The quantitative estimate of drug-likeness (QED) is 0.793. The maximum absolute atomic E-state index is 9.92. The van der Waals surface area contributed by atoms with Crippen LogP contribution in [0.15, 0.2) is 30.6 Å². The van der Waals surface area contributed by atoms with Gasteiger partial charge in [0.15, 0.2) is 0 Å². The normalized spacial score (nSPS) is 25.3. The Kier molecular flexibility index (Phi) is 5.77. The van der Waals surface area contributed by atoms with E-state index in [0.717, 1.165) is 50.5 Å². The van der Waals surface area contributed by atoms with E-state index in [-0.39, 0.29) is 5.60 Å². The molecule has 158 valence electrons. The van der Waals surface area contributed by atoms with Crippen LogP contribution in [0.3, 0.4) is 0 Å². The number of likely N-dealkylation sites (tertiary alicyclic amines) is 1. The van der Waals surface area contributed by atoms with Gasteiger partial charge < -0.3 is 9.84 Å². The summed E-state index contributed by atoms with van der Waals surface area (Å²) >= 11 is 6.32. The number of halogens is 1. The van der Waals surface area contributed by atoms with E-state index in [9.17, 15) is 5.11 Å². The van der Waals surface area contributed by atoms with E-state index in [1.54, 1.807) is 0 Å². The number of aromatic nitrogens is 2. The summed E-state index contributed by atoms with van der Waals surface area (Å²) in [5.74, 6) is 0. The molecule has 2 aliphatic rings. The minimum absolute atomic E-state index is 0.203. The first kappa shape index (κ1) is 20.9. The molecule has 0 aliphatic carbocycles. The number of fused-ring (bicyclic) bond motifs is 2. The number of hydrogen-bond acceptors (Lipinski definition) is 4. The van der Waals surface area contributed by atoms with Crippen LogP contribution in [-0.4, -0.2) is 44.6 Å². The van der Waals surface area contributed by atoms with Crippen LogP contribution in [0.5, 0.6) is 0 Å². The molecule has 4 rings (SSSR count). The average molecular weight is 418 g/mol. The van der Waals surface area contributed by atoms with Gasteiger partial charge in [0.1, 0.15) is 0 Å². The summed E-state index contributed by atoms with van der Waals surface area (Å²) in [7, 11) is 0. The average Bonchev–Trinajstić information content (AvgIpc) is 3.10. The molecule has 1 aromatic carbocycles. The van der Waals surface area contributed by atoms with Crippen molar-refractivity contribution in [1.29, 1.82) is 0 Å². The summed E-state index contributed by atoms with van der Waals surface area (Å²) in [6.07, 6.45) is 7.68. The number of piperidine rings is 1. The number of aliphatic hydroxyl groups is 1. The van der Waals surface area contributed by atoms with Gasteiger partial charge in [-0.15, -0.1) is 0 Å². The monoisotopic (exact) mass is 417 g/mol. The predicted octanol–water partition coefficient (Wildman–Crippen LogP) is 4.15. The van der Waals surface area contributed by atoms with Crippen LogP contribution in [0.25, 0.3) is 0 Å². The van der Waals surface area contributed by atoms with Crippen molar-refractivity contribution < 1.29 is 9.84 Å². The third-order valence-corrected chi connectivity index (χ3v) is 6.62. The van der Waals surface area contributed by atoms with Gasteiger partial charge >= 0.3 is 0 Å². The lowest BCUT2D eigenvalue weighted by Gasteiger charge is -2.48. The van der Waals surface area contributed by atoms with Crippen LogP contribution in [0.1, 0.15) is 56.7 Å². The molecule has 1 N–H and O–H groups in total. The lowest BCUT2D eigenvalue weighted by Crippen LogP contribution is -2.50. The second-order valence-corrected chi connectivity index (χ2v) is 9.78. The van der Waals surface area contributed by atoms with Crippen LogP contribution < -0.4 is 0 Å². The lowest BCUT2D eigenvalue weighted by atomic mass is 9.77. The van der Waals surface area contributed by atoms with Crippen molar-refractivity contribution in [2.24, 2.45) is 0 Å². The molecule has 5 nitrogen and oxygen atoms in total. The third-order valence-electron chi connectivity index (χ3n) is 6.39. The van der Waals surface area contributed by atoms with Crippen molar-refractivity contribution in [3.63, 3.8) is 0 Å². The Morgan fingerprint density at radius 3 is 2.97 bits per heavy atom. The molecular formula is C23H32ClN3O2. The number of hydrogen-bond donors (Lipinski definition) is 1. The Balaban J connectivity index is 1.42. The molecule has 0 radical (unpaired) electrons. The van der Waals surface area contributed by atoms with Crippen LogP contribution in [0.4, 0.5) is 0 Å². The zero-order valence-electron chi connectivity index (χ0n) is 17.7. The van der Waals surface area contributed by atoms with E-state index >= 15 is 0 Å². The minimum atomic E-state index is -0.666. The van der Waals surface area contributed by atoms with Gasteiger partial charge in [-0.05, 0) is 69.7 Å². The Labute approximate surface area is 178 Å². The van der Waals surface area contributed by atoms with Crippen LogP contribution in [-0.2, 0) is 29.8 Å². The van der Waals surface area contributed by atoms with Crippen molar-refractivity contribution in [2.75, 3.05) is 13.2 Å². The van der Waals surface area contributed by atoms with Crippen LogP contribution in [0, 0.1) is 0 Å². The van der Waals surface area contributed by atoms with Crippen LogP contribution in [0.2, 0.25) is 5.02 Å². The zero-order chi connectivity index (χ0) is 20.6. The van der Waals surface area contributed by atoms with Gasteiger partial charge in [-0.2, -0.15) is 5.10 Å². The number of ether oxygens (including phenoxy) is 1. The summed E-state index contributed by atoms with van der Waals surface area (Å²) in [5, 5.41) is 15.2. The highest BCUT2D eigenvalue weighted by molar-refractivity contribution is 6.30. The van der Waals surface area contributed by atoms with E-state index in [1.807, 2.05) is 30.8 Å². The number of nitrogens with zero attached hydrogens (tertiary/aromatic N) is 3. The lowest BCUT2D eigenvalue weighted by molar-refractivity contribution is -0.113. The molecule has 2 aliphatic heterocycles. The van der Waals surface area contributed by atoms with E-state index in [1.165, 1.54) is 16.7 Å². The first-order chi connectivity index (χ1) is 13.7. The molecule has 0 amide bonds. The standard InChI is InChI=1S/C23H32ClN3O2/c1-17-13-23(21-12-20(24)5-4-19(21)6-11-29-23)8-9-26(17)15-18-14-25-27(16-18)10-7-22(2,3)28/h4-5,12,14,16-17,28H,6-11,13,15H2,1-3H3/t17-,23?/m0/s1. The topological polar surface area (TPSA) is 50.5 Å². The molecule has 0 bridgehead atoms. The number of benzene rings is 1.